The first kappa shape index (κ1) is 68.6. The van der Waals surface area contributed by atoms with Crippen LogP contribution in [-0.2, 0) is 19.1 Å². The van der Waals surface area contributed by atoms with Crippen LogP contribution in [0.25, 0.3) is 0 Å². The van der Waals surface area contributed by atoms with Crippen LogP contribution in [-0.4, -0.2) is 36.4 Å². The maximum absolute atomic E-state index is 12.3. The van der Waals surface area contributed by atoms with E-state index >= 15 is 0 Å². The zero-order valence-corrected chi connectivity index (χ0v) is 47.8. The van der Waals surface area contributed by atoms with Gasteiger partial charge in [-0.3, -0.25) is 9.59 Å². The number of unbranched alkanes of at least 4 members (excludes halogenated alkanes) is 51. The second-order valence-electron chi connectivity index (χ2n) is 22.2. The van der Waals surface area contributed by atoms with E-state index < -0.39 is 6.10 Å². The maximum Gasteiger partial charge on any atom is 0.306 e. The molecule has 1 unspecified atom stereocenters. The summed E-state index contributed by atoms with van der Waals surface area (Å²) in [7, 11) is 0. The summed E-state index contributed by atoms with van der Waals surface area (Å²) in [4.78, 5) is 24.6. The highest BCUT2D eigenvalue weighted by Crippen LogP contribution is 2.19. The monoisotopic (exact) mass is 987 g/mol. The van der Waals surface area contributed by atoms with Gasteiger partial charge in [-0.1, -0.05) is 334 Å². The number of ether oxygens (including phenoxy) is 2. The van der Waals surface area contributed by atoms with E-state index in [2.05, 4.69) is 26.0 Å². The molecule has 0 aliphatic carbocycles. The Labute approximate surface area is 439 Å². The molecular weight excluding hydrogens is 861 g/mol. The van der Waals surface area contributed by atoms with Gasteiger partial charge in [-0.2, -0.15) is 0 Å². The molecule has 0 aliphatic heterocycles. The summed E-state index contributed by atoms with van der Waals surface area (Å²) in [6, 6.07) is 0. The van der Waals surface area contributed by atoms with Gasteiger partial charge in [-0.25, -0.2) is 0 Å². The first-order chi connectivity index (χ1) is 34.6. The zero-order valence-electron chi connectivity index (χ0n) is 47.8. The SMILES string of the molecule is CCCCCCCCCC/C=C\CCCCCCCCCCCCCC(=O)OC(CO)COC(=O)CCCCCCCCCCCCCCCCCCCCCCCCCCCCCCCCCCC. The van der Waals surface area contributed by atoms with Crippen LogP contribution in [0.1, 0.15) is 373 Å². The summed E-state index contributed by atoms with van der Waals surface area (Å²) in [6.07, 6.45) is 78.0. The van der Waals surface area contributed by atoms with Gasteiger partial charge in [0, 0.05) is 12.8 Å². The quantitative estimate of drug-likeness (QED) is 0.0373. The number of carbonyl (C=O) groups excluding carboxylic acids is 2. The molecule has 0 fully saturated rings. The van der Waals surface area contributed by atoms with Crippen molar-refractivity contribution in [2.45, 2.75) is 380 Å². The zero-order chi connectivity index (χ0) is 50.6. The minimum absolute atomic E-state index is 0.0584. The van der Waals surface area contributed by atoms with Crippen molar-refractivity contribution in [2.24, 2.45) is 0 Å². The molecule has 0 rings (SSSR count). The molecule has 0 aliphatic rings. The molecule has 0 saturated heterocycles. The molecule has 0 aromatic carbocycles. The van der Waals surface area contributed by atoms with E-state index in [1.54, 1.807) is 0 Å². The molecule has 0 aromatic rings. The van der Waals surface area contributed by atoms with Crippen molar-refractivity contribution in [3.63, 3.8) is 0 Å². The fraction of sp³-hybridized carbons (Fsp3) is 0.938. The first-order valence-corrected chi connectivity index (χ1v) is 32.2. The Morgan fingerprint density at radius 2 is 0.529 bits per heavy atom. The average molecular weight is 988 g/mol. The van der Waals surface area contributed by atoms with Crippen LogP contribution in [0, 0.1) is 0 Å². The first-order valence-electron chi connectivity index (χ1n) is 32.2. The van der Waals surface area contributed by atoms with Gasteiger partial charge >= 0.3 is 11.9 Å². The number of hydrogen-bond donors (Lipinski definition) is 1. The second kappa shape index (κ2) is 61.9. The summed E-state index contributed by atoms with van der Waals surface area (Å²) < 4.78 is 10.7. The molecule has 5 nitrogen and oxygen atoms in total. The summed E-state index contributed by atoms with van der Waals surface area (Å²) in [5, 5.41) is 9.67. The highest BCUT2D eigenvalue weighted by atomic mass is 16.6. The highest BCUT2D eigenvalue weighted by molar-refractivity contribution is 5.70. The molecule has 0 bridgehead atoms. The Kier molecular flexibility index (Phi) is 60.7. The van der Waals surface area contributed by atoms with Crippen LogP contribution >= 0.6 is 0 Å². The molecule has 0 saturated carbocycles. The molecule has 0 amide bonds. The van der Waals surface area contributed by atoms with Gasteiger partial charge in [0.1, 0.15) is 6.61 Å². The van der Waals surface area contributed by atoms with Gasteiger partial charge in [0.25, 0.3) is 0 Å². The third-order valence-electron chi connectivity index (χ3n) is 15.1. The van der Waals surface area contributed by atoms with Crippen LogP contribution in [0.2, 0.25) is 0 Å². The summed E-state index contributed by atoms with van der Waals surface area (Å²) in [6.45, 7) is 4.21. The van der Waals surface area contributed by atoms with Gasteiger partial charge < -0.3 is 14.6 Å². The number of rotatable bonds is 61. The van der Waals surface area contributed by atoms with Crippen LogP contribution in [0.15, 0.2) is 12.2 Å². The van der Waals surface area contributed by atoms with E-state index in [1.807, 2.05) is 0 Å². The number of allylic oxidation sites excluding steroid dienone is 2. The van der Waals surface area contributed by atoms with E-state index in [0.29, 0.717) is 12.8 Å². The summed E-state index contributed by atoms with van der Waals surface area (Å²) in [5.41, 5.74) is 0. The molecule has 5 heteroatoms. The Hall–Kier alpha value is -1.36. The maximum atomic E-state index is 12.3. The Bertz CT molecular complexity index is 1030. The highest BCUT2D eigenvalue weighted by Gasteiger charge is 2.16. The van der Waals surface area contributed by atoms with Crippen LogP contribution in [0.3, 0.4) is 0 Å². The van der Waals surface area contributed by atoms with Gasteiger partial charge in [-0.15, -0.1) is 0 Å². The lowest BCUT2D eigenvalue weighted by atomic mass is 10.0. The van der Waals surface area contributed by atoms with E-state index in [-0.39, 0.29) is 25.2 Å². The van der Waals surface area contributed by atoms with Crippen molar-refractivity contribution in [2.75, 3.05) is 13.2 Å². The average Bonchev–Trinajstić information content (AvgIpc) is 3.36. The molecule has 1 atom stereocenters. The fourth-order valence-corrected chi connectivity index (χ4v) is 10.2. The molecule has 0 heterocycles. The fourth-order valence-electron chi connectivity index (χ4n) is 10.2. The predicted octanol–water partition coefficient (Wildman–Crippen LogP) is 21.9. The number of aliphatic hydroxyl groups excluding tert-OH is 1. The third kappa shape index (κ3) is 59.2. The molecule has 416 valence electrons. The van der Waals surface area contributed by atoms with Crippen LogP contribution in [0.4, 0.5) is 0 Å². The molecule has 70 heavy (non-hydrogen) atoms. The summed E-state index contributed by atoms with van der Waals surface area (Å²) in [5.74, 6) is -0.567. The van der Waals surface area contributed by atoms with Crippen LogP contribution < -0.4 is 0 Å². The normalized spacial score (nSPS) is 12.1. The Morgan fingerprint density at radius 1 is 0.314 bits per heavy atom. The predicted molar refractivity (Wildman–Crippen MR) is 307 cm³/mol. The minimum atomic E-state index is -0.768. The van der Waals surface area contributed by atoms with Crippen molar-refractivity contribution in [1.29, 1.82) is 0 Å². The van der Waals surface area contributed by atoms with Gasteiger partial charge in [-0.05, 0) is 38.5 Å². The van der Waals surface area contributed by atoms with Crippen molar-refractivity contribution in [3.05, 3.63) is 12.2 Å². The number of aliphatic hydroxyl groups is 1. The number of esters is 2. The van der Waals surface area contributed by atoms with Crippen LogP contribution in [0.5, 0.6) is 0 Å². The molecular formula is C65H126O5. The smallest absolute Gasteiger partial charge is 0.306 e. The van der Waals surface area contributed by atoms with Crippen molar-refractivity contribution >= 4 is 11.9 Å². The lowest BCUT2D eigenvalue weighted by Gasteiger charge is -2.15. The topological polar surface area (TPSA) is 72.8 Å². The van der Waals surface area contributed by atoms with Crippen molar-refractivity contribution in [3.8, 4) is 0 Å². The summed E-state index contributed by atoms with van der Waals surface area (Å²) >= 11 is 0. The molecule has 0 aromatic heterocycles. The molecule has 0 radical (unpaired) electrons. The van der Waals surface area contributed by atoms with Gasteiger partial charge in [0.15, 0.2) is 6.10 Å². The van der Waals surface area contributed by atoms with Gasteiger partial charge in [0.05, 0.1) is 6.61 Å². The molecule has 0 spiro atoms. The van der Waals surface area contributed by atoms with E-state index in [0.717, 1.165) is 32.1 Å². The Balaban J connectivity index is 3.37. The third-order valence-corrected chi connectivity index (χ3v) is 15.1. The molecule has 1 N–H and O–H groups in total. The second-order valence-corrected chi connectivity index (χ2v) is 22.2. The van der Waals surface area contributed by atoms with E-state index in [1.165, 1.54) is 315 Å². The van der Waals surface area contributed by atoms with Gasteiger partial charge in [0.2, 0.25) is 0 Å². The number of carbonyl (C=O) groups is 2. The standard InChI is InChI=1S/C65H126O5/c1-3-5-7-9-11-13-15-17-19-21-23-25-27-28-29-30-31-32-33-34-35-36-38-39-41-43-45-47-49-51-53-55-57-59-64(67)69-62-63(61-66)70-65(68)60-58-56-54-52-50-48-46-44-42-40-37-26-24-22-20-18-16-14-12-10-8-6-4-2/h22,24,63,66H,3-21,23,25-62H2,1-2H3/b24-22-. The van der Waals surface area contributed by atoms with Crippen molar-refractivity contribution < 1.29 is 24.2 Å². The number of hydrogen-bond acceptors (Lipinski definition) is 5. The van der Waals surface area contributed by atoms with E-state index in [4.69, 9.17) is 9.47 Å². The largest absolute Gasteiger partial charge is 0.462 e. The van der Waals surface area contributed by atoms with E-state index in [9.17, 15) is 14.7 Å². The minimum Gasteiger partial charge on any atom is -0.462 e. The van der Waals surface area contributed by atoms with Crippen molar-refractivity contribution in [1.82, 2.24) is 0 Å². The lowest BCUT2D eigenvalue weighted by Crippen LogP contribution is -2.28. The Morgan fingerprint density at radius 3 is 0.771 bits per heavy atom. The lowest BCUT2D eigenvalue weighted by molar-refractivity contribution is -0.161.